The van der Waals surface area contributed by atoms with E-state index in [9.17, 15) is 0 Å². The standard InChI is InChI=1S/C8H11O.BrH.Mg/c1-4-6-7-8(3)9-5-2;;/h7H,5-6H2,2-3H3;1H;/q-1;;+2/p-1/b8-7+;;. The van der Waals surface area contributed by atoms with Crippen molar-refractivity contribution in [3.05, 3.63) is 18.3 Å². The molecule has 1 nitrogen and oxygen atoms in total. The van der Waals surface area contributed by atoms with Crippen LogP contribution < -0.4 is 17.0 Å². The molecule has 0 aliphatic rings. The summed E-state index contributed by atoms with van der Waals surface area (Å²) in [6, 6.07) is 0. The van der Waals surface area contributed by atoms with E-state index in [1.807, 2.05) is 19.9 Å². The van der Waals surface area contributed by atoms with Crippen LogP contribution in [-0.2, 0) is 4.74 Å². The van der Waals surface area contributed by atoms with Crippen LogP contribution >= 0.6 is 0 Å². The molecule has 11 heavy (non-hydrogen) atoms. The zero-order valence-corrected chi connectivity index (χ0v) is 9.99. The maximum absolute atomic E-state index is 6.58. The molecular formula is C8H11BrMgO. The SMILES string of the molecule is [Br-].[C-]#CC/C=C(\C)OCC.[Mg+2]. The third-order valence-corrected chi connectivity index (χ3v) is 0.864. The first-order chi connectivity index (χ1) is 4.31. The van der Waals surface area contributed by atoms with Crippen LogP contribution in [0.5, 0.6) is 0 Å². The molecule has 0 aromatic rings. The Labute approximate surface area is 95.5 Å². The molecule has 0 radical (unpaired) electrons. The second kappa shape index (κ2) is 13.0. The van der Waals surface area contributed by atoms with Gasteiger partial charge in [-0.1, -0.05) is 0 Å². The van der Waals surface area contributed by atoms with Crippen molar-refractivity contribution >= 4 is 23.1 Å². The normalized spacial score (nSPS) is 8.64. The summed E-state index contributed by atoms with van der Waals surface area (Å²) in [6.07, 6.45) is 8.96. The van der Waals surface area contributed by atoms with Crippen LogP contribution in [0, 0.1) is 12.3 Å². The van der Waals surface area contributed by atoms with Crippen LogP contribution in [0.15, 0.2) is 11.8 Å². The van der Waals surface area contributed by atoms with Gasteiger partial charge in [0.2, 0.25) is 0 Å². The summed E-state index contributed by atoms with van der Waals surface area (Å²) in [7, 11) is 0. The Bertz CT molecular complexity index is 138. The molecule has 0 aromatic heterocycles. The number of allylic oxidation sites excluding steroid dienone is 2. The zero-order valence-electron chi connectivity index (χ0n) is 6.98. The molecule has 0 spiro atoms. The van der Waals surface area contributed by atoms with Crippen LogP contribution in [0.3, 0.4) is 0 Å². The van der Waals surface area contributed by atoms with Crippen LogP contribution in [0.2, 0.25) is 0 Å². The van der Waals surface area contributed by atoms with Gasteiger partial charge in [-0.25, -0.2) is 0 Å². The van der Waals surface area contributed by atoms with Crippen molar-refractivity contribution in [1.82, 2.24) is 0 Å². The summed E-state index contributed by atoms with van der Waals surface area (Å²) < 4.78 is 5.08. The summed E-state index contributed by atoms with van der Waals surface area (Å²) in [5, 5.41) is 0. The van der Waals surface area contributed by atoms with E-state index in [1.54, 1.807) is 0 Å². The summed E-state index contributed by atoms with van der Waals surface area (Å²) in [5.41, 5.74) is 0. The van der Waals surface area contributed by atoms with Gasteiger partial charge in [0.25, 0.3) is 0 Å². The monoisotopic (exact) mass is 226 g/mol. The van der Waals surface area contributed by atoms with Crippen molar-refractivity contribution in [2.24, 2.45) is 0 Å². The first-order valence-corrected chi connectivity index (χ1v) is 3.00. The van der Waals surface area contributed by atoms with Gasteiger partial charge >= 0.3 is 23.1 Å². The summed E-state index contributed by atoms with van der Waals surface area (Å²) in [4.78, 5) is 0. The molecule has 0 saturated carbocycles. The second-order valence-electron chi connectivity index (χ2n) is 1.63. The molecule has 0 heterocycles. The van der Waals surface area contributed by atoms with E-state index >= 15 is 0 Å². The number of halogens is 1. The minimum atomic E-state index is 0. The second-order valence-corrected chi connectivity index (χ2v) is 1.63. The fourth-order valence-corrected chi connectivity index (χ4v) is 0.481. The number of rotatable bonds is 3. The molecule has 0 N–H and O–H groups in total. The average molecular weight is 227 g/mol. The topological polar surface area (TPSA) is 9.23 Å². The summed E-state index contributed by atoms with van der Waals surface area (Å²) >= 11 is 0. The number of ether oxygens (including phenoxy) is 1. The van der Waals surface area contributed by atoms with E-state index in [0.717, 1.165) is 5.76 Å². The predicted octanol–water partition coefficient (Wildman–Crippen LogP) is -1.47. The summed E-state index contributed by atoms with van der Waals surface area (Å²) in [6.45, 7) is 4.51. The molecule has 58 valence electrons. The van der Waals surface area contributed by atoms with Gasteiger partial charge in [-0.2, -0.15) is 0 Å². The van der Waals surface area contributed by atoms with Gasteiger partial charge in [-0.3, -0.25) is 0 Å². The number of hydrogen-bond donors (Lipinski definition) is 0. The van der Waals surface area contributed by atoms with E-state index in [2.05, 4.69) is 5.92 Å². The van der Waals surface area contributed by atoms with Crippen molar-refractivity contribution in [2.45, 2.75) is 20.3 Å². The van der Waals surface area contributed by atoms with Crippen molar-refractivity contribution < 1.29 is 21.7 Å². The van der Waals surface area contributed by atoms with Gasteiger partial charge in [-0.05, 0) is 26.3 Å². The van der Waals surface area contributed by atoms with Crippen molar-refractivity contribution in [2.75, 3.05) is 6.61 Å². The van der Waals surface area contributed by atoms with E-state index < -0.39 is 0 Å². The van der Waals surface area contributed by atoms with Gasteiger partial charge in [0.05, 0.1) is 12.4 Å². The Morgan fingerprint density at radius 1 is 1.64 bits per heavy atom. The molecule has 0 aliphatic carbocycles. The van der Waals surface area contributed by atoms with Crippen LogP contribution in [0.1, 0.15) is 20.3 Å². The molecule has 3 heteroatoms. The predicted molar refractivity (Wildman–Crippen MR) is 42.9 cm³/mol. The van der Waals surface area contributed by atoms with Gasteiger partial charge < -0.3 is 34.1 Å². The molecule has 0 saturated heterocycles. The van der Waals surface area contributed by atoms with Gasteiger partial charge in [0.15, 0.2) is 0 Å². The Balaban J connectivity index is -0.000000320. The quantitative estimate of drug-likeness (QED) is 0.248. The molecule has 0 atom stereocenters. The molecule has 0 aliphatic heterocycles. The minimum absolute atomic E-state index is 0. The Hall–Kier alpha value is 0.346. The van der Waals surface area contributed by atoms with Gasteiger partial charge in [0.1, 0.15) is 0 Å². The Morgan fingerprint density at radius 2 is 2.18 bits per heavy atom. The van der Waals surface area contributed by atoms with Gasteiger partial charge in [-0.15, -0.1) is 0 Å². The minimum Gasteiger partial charge on any atom is -1.00 e. The summed E-state index contributed by atoms with van der Waals surface area (Å²) in [5.74, 6) is 3.12. The van der Waals surface area contributed by atoms with Crippen molar-refractivity contribution in [3.63, 3.8) is 0 Å². The van der Waals surface area contributed by atoms with Crippen LogP contribution in [0.4, 0.5) is 0 Å². The van der Waals surface area contributed by atoms with E-state index in [4.69, 9.17) is 11.2 Å². The smallest absolute Gasteiger partial charge is 1.00 e. The van der Waals surface area contributed by atoms with E-state index in [0.29, 0.717) is 13.0 Å². The largest absolute Gasteiger partial charge is 2.00 e. The molecule has 0 unspecified atom stereocenters. The maximum Gasteiger partial charge on any atom is 2.00 e. The van der Waals surface area contributed by atoms with Crippen LogP contribution in [-0.4, -0.2) is 29.7 Å². The van der Waals surface area contributed by atoms with E-state index in [1.165, 1.54) is 0 Å². The zero-order chi connectivity index (χ0) is 7.11. The third kappa shape index (κ3) is 13.4. The van der Waals surface area contributed by atoms with Crippen molar-refractivity contribution in [3.8, 4) is 5.92 Å². The maximum atomic E-state index is 6.58. The first-order valence-electron chi connectivity index (χ1n) is 3.00. The Kier molecular flexibility index (Phi) is 20.6. The first kappa shape index (κ1) is 17.4. The van der Waals surface area contributed by atoms with Crippen LogP contribution in [0.25, 0.3) is 0 Å². The Morgan fingerprint density at radius 3 is 2.55 bits per heavy atom. The molecule has 0 rings (SSSR count). The fourth-order valence-electron chi connectivity index (χ4n) is 0.481. The average Bonchev–Trinajstić information content (AvgIpc) is 1.85. The molecule has 0 bridgehead atoms. The third-order valence-electron chi connectivity index (χ3n) is 0.864. The molecule has 0 aromatic carbocycles. The van der Waals surface area contributed by atoms with Gasteiger partial charge in [0, 0.05) is 0 Å². The molecule has 0 fully saturated rings. The molecular weight excluding hydrogens is 216 g/mol. The van der Waals surface area contributed by atoms with Crippen molar-refractivity contribution in [1.29, 1.82) is 0 Å². The van der Waals surface area contributed by atoms with E-state index in [-0.39, 0.29) is 40.0 Å². The fraction of sp³-hybridized carbons (Fsp3) is 0.500. The molecule has 0 amide bonds. The number of hydrogen-bond acceptors (Lipinski definition) is 1.